The Balaban J connectivity index is 1.90. The van der Waals surface area contributed by atoms with E-state index < -0.39 is 0 Å². The number of aromatic nitrogens is 1. The Morgan fingerprint density at radius 1 is 0.957 bits per heavy atom. The monoisotopic (exact) mass is 310 g/mol. The first-order valence-electron chi connectivity index (χ1n) is 8.49. The van der Waals surface area contributed by atoms with Crippen LogP contribution in [0.1, 0.15) is 31.4 Å². The van der Waals surface area contributed by atoms with Gasteiger partial charge in [-0.25, -0.2) is 0 Å². The highest BCUT2D eigenvalue weighted by atomic mass is 16.1. The molecular formula is C20H26N2O. The molecule has 0 saturated carbocycles. The van der Waals surface area contributed by atoms with E-state index in [9.17, 15) is 4.79 Å². The molecule has 0 radical (unpaired) electrons. The van der Waals surface area contributed by atoms with Crippen molar-refractivity contribution >= 4 is 5.69 Å². The summed E-state index contributed by atoms with van der Waals surface area (Å²) in [6.07, 6.45) is 3.22. The second-order valence-electron chi connectivity index (χ2n) is 7.24. The largest absolute Gasteiger partial charge is 0.371 e. The van der Waals surface area contributed by atoms with E-state index >= 15 is 0 Å². The second kappa shape index (κ2) is 6.23. The molecule has 0 aliphatic carbocycles. The van der Waals surface area contributed by atoms with Crippen molar-refractivity contribution in [2.75, 3.05) is 18.0 Å². The Morgan fingerprint density at radius 2 is 1.52 bits per heavy atom. The lowest BCUT2D eigenvalue weighted by Gasteiger charge is -2.36. The predicted octanol–water partition coefficient (Wildman–Crippen LogP) is 3.94. The van der Waals surface area contributed by atoms with Gasteiger partial charge in [-0.1, -0.05) is 13.8 Å². The molecule has 2 atom stereocenters. The van der Waals surface area contributed by atoms with Crippen LogP contribution in [-0.2, 0) is 0 Å². The van der Waals surface area contributed by atoms with Crippen molar-refractivity contribution < 1.29 is 0 Å². The number of pyridine rings is 1. The summed E-state index contributed by atoms with van der Waals surface area (Å²) in [6.45, 7) is 10.8. The van der Waals surface area contributed by atoms with E-state index in [-0.39, 0.29) is 5.56 Å². The van der Waals surface area contributed by atoms with Gasteiger partial charge in [0.1, 0.15) is 0 Å². The first-order chi connectivity index (χ1) is 10.9. The van der Waals surface area contributed by atoms with Crippen LogP contribution >= 0.6 is 0 Å². The van der Waals surface area contributed by atoms with Crippen LogP contribution in [0, 0.1) is 25.7 Å². The maximum atomic E-state index is 12.3. The standard InChI is InChI=1S/C20H26N2O/c1-14-9-15(2)12-21(11-14)18-5-7-19(8-6-18)22-13-16(3)10-17(4)20(22)23/h5-8,10,13-15H,9,11-12H2,1-4H3/t14-,15-/m1/s1. The first kappa shape index (κ1) is 15.9. The van der Waals surface area contributed by atoms with Crippen LogP contribution in [-0.4, -0.2) is 17.7 Å². The molecule has 122 valence electrons. The van der Waals surface area contributed by atoms with Crippen LogP contribution < -0.4 is 10.5 Å². The lowest BCUT2D eigenvalue weighted by molar-refractivity contribution is 0.357. The third kappa shape index (κ3) is 3.34. The Morgan fingerprint density at radius 3 is 2.13 bits per heavy atom. The van der Waals surface area contributed by atoms with E-state index in [0.29, 0.717) is 0 Å². The number of nitrogens with zero attached hydrogens (tertiary/aromatic N) is 2. The Bertz CT molecular complexity index is 735. The first-order valence-corrected chi connectivity index (χ1v) is 8.49. The number of benzene rings is 1. The van der Waals surface area contributed by atoms with Crippen molar-refractivity contribution in [3.63, 3.8) is 0 Å². The van der Waals surface area contributed by atoms with Gasteiger partial charge in [0, 0.05) is 36.2 Å². The molecule has 1 aromatic heterocycles. The number of anilines is 1. The van der Waals surface area contributed by atoms with Crippen LogP contribution in [0.4, 0.5) is 5.69 Å². The third-order valence-corrected chi connectivity index (χ3v) is 4.69. The molecule has 2 heterocycles. The summed E-state index contributed by atoms with van der Waals surface area (Å²) in [5, 5.41) is 0. The predicted molar refractivity (Wildman–Crippen MR) is 96.7 cm³/mol. The zero-order valence-electron chi connectivity index (χ0n) is 14.5. The highest BCUT2D eigenvalue weighted by molar-refractivity contribution is 5.51. The van der Waals surface area contributed by atoms with Gasteiger partial charge >= 0.3 is 0 Å². The SMILES string of the molecule is Cc1cc(C)c(=O)n(-c2ccc(N3C[C@H](C)C[C@@H](C)C3)cc2)c1. The molecular weight excluding hydrogens is 284 g/mol. The van der Waals surface area contributed by atoms with E-state index in [1.165, 1.54) is 12.1 Å². The maximum absolute atomic E-state index is 12.3. The highest BCUT2D eigenvalue weighted by Crippen LogP contribution is 2.26. The highest BCUT2D eigenvalue weighted by Gasteiger charge is 2.21. The van der Waals surface area contributed by atoms with E-state index in [2.05, 4.69) is 43.0 Å². The molecule has 3 rings (SSSR count). The number of piperidine rings is 1. The molecule has 2 aromatic rings. The van der Waals surface area contributed by atoms with Gasteiger partial charge in [0.25, 0.3) is 5.56 Å². The Hall–Kier alpha value is -2.03. The zero-order chi connectivity index (χ0) is 16.6. The number of hydrogen-bond donors (Lipinski definition) is 0. The molecule has 0 N–H and O–H groups in total. The fourth-order valence-electron chi connectivity index (χ4n) is 3.78. The summed E-state index contributed by atoms with van der Waals surface area (Å²) in [5.41, 5.74) is 4.13. The van der Waals surface area contributed by atoms with Crippen LogP contribution in [0.3, 0.4) is 0 Å². The molecule has 0 amide bonds. The van der Waals surface area contributed by atoms with Gasteiger partial charge in [-0.3, -0.25) is 9.36 Å². The fourth-order valence-corrected chi connectivity index (χ4v) is 3.78. The lowest BCUT2D eigenvalue weighted by atomic mass is 9.91. The molecule has 23 heavy (non-hydrogen) atoms. The minimum Gasteiger partial charge on any atom is -0.371 e. The van der Waals surface area contributed by atoms with E-state index in [0.717, 1.165) is 41.7 Å². The summed E-state index contributed by atoms with van der Waals surface area (Å²) in [7, 11) is 0. The quantitative estimate of drug-likeness (QED) is 0.839. The Labute approximate surface area is 138 Å². The van der Waals surface area contributed by atoms with E-state index in [1.54, 1.807) is 4.57 Å². The lowest BCUT2D eigenvalue weighted by Crippen LogP contribution is -2.38. The van der Waals surface area contributed by atoms with Crippen LogP contribution in [0.25, 0.3) is 5.69 Å². The molecule has 0 spiro atoms. The maximum Gasteiger partial charge on any atom is 0.257 e. The summed E-state index contributed by atoms with van der Waals surface area (Å²) < 4.78 is 1.75. The smallest absolute Gasteiger partial charge is 0.257 e. The summed E-state index contributed by atoms with van der Waals surface area (Å²) in [4.78, 5) is 14.8. The van der Waals surface area contributed by atoms with E-state index in [1.807, 2.05) is 26.1 Å². The van der Waals surface area contributed by atoms with Gasteiger partial charge < -0.3 is 4.90 Å². The average Bonchev–Trinajstić information content (AvgIpc) is 2.50. The van der Waals surface area contributed by atoms with Crippen molar-refractivity contribution in [2.45, 2.75) is 34.1 Å². The molecule has 3 nitrogen and oxygen atoms in total. The molecule has 0 bridgehead atoms. The number of aryl methyl sites for hydroxylation is 2. The van der Waals surface area contributed by atoms with Gasteiger partial charge in [0.2, 0.25) is 0 Å². The topological polar surface area (TPSA) is 25.2 Å². The van der Waals surface area contributed by atoms with Gasteiger partial charge in [0.05, 0.1) is 0 Å². The van der Waals surface area contributed by atoms with E-state index in [4.69, 9.17) is 0 Å². The van der Waals surface area contributed by atoms with Crippen LogP contribution in [0.2, 0.25) is 0 Å². The molecule has 1 saturated heterocycles. The van der Waals surface area contributed by atoms with Gasteiger partial charge in [-0.2, -0.15) is 0 Å². The molecule has 1 aliphatic heterocycles. The Kier molecular flexibility index (Phi) is 4.29. The number of hydrogen-bond acceptors (Lipinski definition) is 2. The third-order valence-electron chi connectivity index (χ3n) is 4.69. The van der Waals surface area contributed by atoms with Gasteiger partial charge in [-0.05, 0) is 68.0 Å². The number of rotatable bonds is 2. The summed E-state index contributed by atoms with van der Waals surface area (Å²) in [6, 6.07) is 10.3. The van der Waals surface area contributed by atoms with Crippen LogP contribution in [0.5, 0.6) is 0 Å². The minimum absolute atomic E-state index is 0.0589. The molecule has 1 aromatic carbocycles. The molecule has 1 fully saturated rings. The normalized spacial score (nSPS) is 21.5. The summed E-state index contributed by atoms with van der Waals surface area (Å²) >= 11 is 0. The van der Waals surface area contributed by atoms with Crippen LogP contribution in [0.15, 0.2) is 41.3 Å². The van der Waals surface area contributed by atoms with Crippen molar-refractivity contribution in [2.24, 2.45) is 11.8 Å². The fraction of sp³-hybridized carbons (Fsp3) is 0.450. The van der Waals surface area contributed by atoms with Crippen molar-refractivity contribution in [3.05, 3.63) is 58.0 Å². The minimum atomic E-state index is 0.0589. The van der Waals surface area contributed by atoms with Crippen molar-refractivity contribution in [3.8, 4) is 5.69 Å². The second-order valence-corrected chi connectivity index (χ2v) is 7.24. The molecule has 3 heteroatoms. The zero-order valence-corrected chi connectivity index (χ0v) is 14.5. The average molecular weight is 310 g/mol. The molecule has 0 unspecified atom stereocenters. The van der Waals surface area contributed by atoms with Crippen molar-refractivity contribution in [1.29, 1.82) is 0 Å². The summed E-state index contributed by atoms with van der Waals surface area (Å²) in [5.74, 6) is 1.47. The van der Waals surface area contributed by atoms with Gasteiger partial charge in [0.15, 0.2) is 0 Å². The van der Waals surface area contributed by atoms with Crippen molar-refractivity contribution in [1.82, 2.24) is 4.57 Å². The van der Waals surface area contributed by atoms with Gasteiger partial charge in [-0.15, -0.1) is 0 Å². The molecule has 1 aliphatic rings.